The Labute approximate surface area is 148 Å². The summed E-state index contributed by atoms with van der Waals surface area (Å²) in [6.07, 6.45) is 1.49. The van der Waals surface area contributed by atoms with Crippen LogP contribution in [-0.2, 0) is 0 Å². The third-order valence-electron chi connectivity index (χ3n) is 3.02. The van der Waals surface area contributed by atoms with E-state index in [1.165, 1.54) is 6.20 Å². The van der Waals surface area contributed by atoms with Crippen LogP contribution in [0.1, 0.15) is 5.56 Å². The predicted molar refractivity (Wildman–Crippen MR) is 94.0 cm³/mol. The largest absolute Gasteiger partial charge is 0.339 e. The van der Waals surface area contributed by atoms with E-state index in [1.54, 1.807) is 42.5 Å². The van der Waals surface area contributed by atoms with Gasteiger partial charge >= 0.3 is 0 Å². The minimum absolute atomic E-state index is 0.290. The lowest BCUT2D eigenvalue weighted by Gasteiger charge is -2.09. The molecule has 8 heteroatoms. The summed E-state index contributed by atoms with van der Waals surface area (Å²) >= 11 is 12.0. The fourth-order valence-corrected chi connectivity index (χ4v) is 2.36. The van der Waals surface area contributed by atoms with Gasteiger partial charge in [-0.3, -0.25) is 0 Å². The SMILES string of the molecule is N#Cc1ccc(Nc2cnnc(Nc3ccc(Cl)cc3Cl)n2)cc1. The zero-order chi connectivity index (χ0) is 16.9. The Balaban J connectivity index is 1.77. The van der Waals surface area contributed by atoms with E-state index in [-0.39, 0.29) is 5.95 Å². The zero-order valence-corrected chi connectivity index (χ0v) is 13.7. The molecule has 0 aliphatic heterocycles. The molecule has 3 rings (SSSR count). The second kappa shape index (κ2) is 7.13. The average Bonchev–Trinajstić information content (AvgIpc) is 2.58. The maximum absolute atomic E-state index is 8.81. The molecule has 24 heavy (non-hydrogen) atoms. The van der Waals surface area contributed by atoms with Crippen LogP contribution >= 0.6 is 23.2 Å². The van der Waals surface area contributed by atoms with Crippen LogP contribution in [0.5, 0.6) is 0 Å². The lowest BCUT2D eigenvalue weighted by Crippen LogP contribution is -2.02. The molecule has 118 valence electrons. The van der Waals surface area contributed by atoms with Crippen molar-refractivity contribution in [3.05, 3.63) is 64.3 Å². The molecule has 0 amide bonds. The number of hydrogen-bond acceptors (Lipinski definition) is 6. The first kappa shape index (κ1) is 16.0. The number of aromatic nitrogens is 3. The van der Waals surface area contributed by atoms with Crippen LogP contribution in [0.4, 0.5) is 23.1 Å². The highest BCUT2D eigenvalue weighted by Crippen LogP contribution is 2.27. The van der Waals surface area contributed by atoms with Gasteiger partial charge in [-0.25, -0.2) is 0 Å². The molecule has 1 aromatic heterocycles. The number of anilines is 4. The summed E-state index contributed by atoms with van der Waals surface area (Å²) in [4.78, 5) is 4.32. The molecule has 2 N–H and O–H groups in total. The van der Waals surface area contributed by atoms with Gasteiger partial charge in [-0.1, -0.05) is 23.2 Å². The molecule has 0 fully saturated rings. The Morgan fingerprint density at radius 3 is 2.50 bits per heavy atom. The Morgan fingerprint density at radius 1 is 1.00 bits per heavy atom. The summed E-state index contributed by atoms with van der Waals surface area (Å²) in [6, 6.07) is 14.1. The van der Waals surface area contributed by atoms with Crippen molar-refractivity contribution in [3.63, 3.8) is 0 Å². The van der Waals surface area contributed by atoms with Crippen molar-refractivity contribution >= 4 is 46.3 Å². The molecular formula is C16H10Cl2N6. The highest BCUT2D eigenvalue weighted by molar-refractivity contribution is 6.36. The topological polar surface area (TPSA) is 86.5 Å². The molecule has 0 aliphatic rings. The predicted octanol–water partition coefficient (Wildman–Crippen LogP) is 4.54. The number of nitrogens with zero attached hydrogens (tertiary/aromatic N) is 4. The van der Waals surface area contributed by atoms with Gasteiger partial charge < -0.3 is 10.6 Å². The van der Waals surface area contributed by atoms with Crippen molar-refractivity contribution in [3.8, 4) is 6.07 Å². The van der Waals surface area contributed by atoms with Crippen LogP contribution in [0.3, 0.4) is 0 Å². The molecule has 0 bridgehead atoms. The Hall–Kier alpha value is -2.88. The van der Waals surface area contributed by atoms with Crippen molar-refractivity contribution in [1.29, 1.82) is 5.26 Å². The zero-order valence-electron chi connectivity index (χ0n) is 12.2. The number of nitrogens with one attached hydrogen (secondary N) is 2. The van der Waals surface area contributed by atoms with E-state index in [2.05, 4.69) is 31.9 Å². The molecular weight excluding hydrogens is 347 g/mol. The summed E-state index contributed by atoms with van der Waals surface area (Å²) in [6.45, 7) is 0. The van der Waals surface area contributed by atoms with E-state index in [4.69, 9.17) is 28.5 Å². The highest BCUT2D eigenvalue weighted by Gasteiger charge is 2.06. The summed E-state index contributed by atoms with van der Waals surface area (Å²) < 4.78 is 0. The lowest BCUT2D eigenvalue weighted by molar-refractivity contribution is 0.982. The summed E-state index contributed by atoms with van der Waals surface area (Å²) in [5.41, 5.74) is 1.99. The van der Waals surface area contributed by atoms with E-state index in [0.717, 1.165) is 5.69 Å². The van der Waals surface area contributed by atoms with Gasteiger partial charge in [0.05, 0.1) is 28.5 Å². The van der Waals surface area contributed by atoms with E-state index in [0.29, 0.717) is 27.1 Å². The van der Waals surface area contributed by atoms with E-state index < -0.39 is 0 Å². The molecule has 0 atom stereocenters. The van der Waals surface area contributed by atoms with Crippen LogP contribution in [0.15, 0.2) is 48.7 Å². The third kappa shape index (κ3) is 3.90. The Kier molecular flexibility index (Phi) is 4.75. The molecule has 6 nitrogen and oxygen atoms in total. The number of nitriles is 1. The average molecular weight is 357 g/mol. The maximum Gasteiger partial charge on any atom is 0.249 e. The first-order valence-electron chi connectivity index (χ1n) is 6.83. The van der Waals surface area contributed by atoms with Gasteiger partial charge in [0.2, 0.25) is 5.95 Å². The van der Waals surface area contributed by atoms with Crippen molar-refractivity contribution in [1.82, 2.24) is 15.2 Å². The summed E-state index contributed by atoms with van der Waals surface area (Å²) in [5, 5.41) is 23.7. The number of benzene rings is 2. The van der Waals surface area contributed by atoms with Gasteiger partial charge in [0, 0.05) is 10.7 Å². The monoisotopic (exact) mass is 356 g/mol. The summed E-state index contributed by atoms with van der Waals surface area (Å²) in [5.74, 6) is 0.792. The van der Waals surface area contributed by atoms with Gasteiger partial charge in [0.25, 0.3) is 0 Å². The van der Waals surface area contributed by atoms with Crippen LogP contribution in [-0.4, -0.2) is 15.2 Å². The third-order valence-corrected chi connectivity index (χ3v) is 3.57. The molecule has 2 aromatic carbocycles. The van der Waals surface area contributed by atoms with Gasteiger partial charge in [-0.2, -0.15) is 15.3 Å². The number of hydrogen-bond donors (Lipinski definition) is 2. The van der Waals surface area contributed by atoms with Crippen LogP contribution in [0.2, 0.25) is 10.0 Å². The van der Waals surface area contributed by atoms with Gasteiger partial charge in [-0.05, 0) is 42.5 Å². The smallest absolute Gasteiger partial charge is 0.249 e. The van der Waals surface area contributed by atoms with Crippen LogP contribution in [0, 0.1) is 11.3 Å². The standard InChI is InChI=1S/C16H10Cl2N6/c17-11-3-6-14(13(18)7-11)22-16-23-15(9-20-24-16)21-12-4-1-10(8-19)2-5-12/h1-7,9H,(H2,21,22,23,24). The molecule has 0 saturated heterocycles. The number of rotatable bonds is 4. The first-order valence-corrected chi connectivity index (χ1v) is 7.58. The van der Waals surface area contributed by atoms with Gasteiger partial charge in [-0.15, -0.1) is 5.10 Å². The molecule has 0 unspecified atom stereocenters. The molecule has 0 radical (unpaired) electrons. The van der Waals surface area contributed by atoms with E-state index in [1.807, 2.05) is 0 Å². The molecule has 0 saturated carbocycles. The van der Waals surface area contributed by atoms with Crippen LogP contribution < -0.4 is 10.6 Å². The second-order valence-corrected chi connectivity index (χ2v) is 5.57. The molecule has 0 aliphatic carbocycles. The van der Waals surface area contributed by atoms with Crippen LogP contribution in [0.25, 0.3) is 0 Å². The van der Waals surface area contributed by atoms with Crippen molar-refractivity contribution < 1.29 is 0 Å². The number of halogens is 2. The minimum Gasteiger partial charge on any atom is -0.339 e. The molecule has 1 heterocycles. The fraction of sp³-hybridized carbons (Fsp3) is 0. The first-order chi connectivity index (χ1) is 11.6. The second-order valence-electron chi connectivity index (χ2n) is 4.73. The normalized spacial score (nSPS) is 10.0. The summed E-state index contributed by atoms with van der Waals surface area (Å²) in [7, 11) is 0. The minimum atomic E-state index is 0.290. The maximum atomic E-state index is 8.81. The highest BCUT2D eigenvalue weighted by atomic mass is 35.5. The van der Waals surface area contributed by atoms with Crippen molar-refractivity contribution in [2.45, 2.75) is 0 Å². The van der Waals surface area contributed by atoms with Crippen molar-refractivity contribution in [2.24, 2.45) is 0 Å². The fourth-order valence-electron chi connectivity index (χ4n) is 1.90. The molecule has 0 spiro atoms. The Bertz CT molecular complexity index is 905. The van der Waals surface area contributed by atoms with E-state index >= 15 is 0 Å². The van der Waals surface area contributed by atoms with Gasteiger partial charge in [0.1, 0.15) is 0 Å². The molecule has 3 aromatic rings. The van der Waals surface area contributed by atoms with Crippen molar-refractivity contribution in [2.75, 3.05) is 10.6 Å². The van der Waals surface area contributed by atoms with E-state index in [9.17, 15) is 0 Å². The Morgan fingerprint density at radius 2 is 1.79 bits per heavy atom. The van der Waals surface area contributed by atoms with Gasteiger partial charge in [0.15, 0.2) is 5.82 Å². The quantitative estimate of drug-likeness (QED) is 0.713. The lowest BCUT2D eigenvalue weighted by atomic mass is 10.2.